The number of ether oxygens (including phenoxy) is 3. The van der Waals surface area contributed by atoms with Gasteiger partial charge in [0.05, 0.1) is 0 Å². The van der Waals surface area contributed by atoms with E-state index in [1.807, 2.05) is 0 Å². The highest BCUT2D eigenvalue weighted by Gasteiger charge is 2.19. The number of hydrogen-bond donors (Lipinski definition) is 0. The molecule has 0 spiro atoms. The number of allylic oxidation sites excluding steroid dienone is 2. The Hall–Kier alpha value is -1.85. The normalized spacial score (nSPS) is 12.0. The second-order valence-electron chi connectivity index (χ2n) is 15.7. The van der Waals surface area contributed by atoms with Gasteiger partial charge in [-0.1, -0.05) is 200 Å². The van der Waals surface area contributed by atoms with E-state index in [2.05, 4.69) is 32.9 Å². The molecule has 0 radical (unpaired) electrons. The van der Waals surface area contributed by atoms with E-state index in [0.29, 0.717) is 19.3 Å². The Morgan fingerprint density at radius 2 is 0.623 bits per heavy atom. The van der Waals surface area contributed by atoms with Crippen LogP contribution in [0.25, 0.3) is 0 Å². The summed E-state index contributed by atoms with van der Waals surface area (Å²) in [5.41, 5.74) is 0. The summed E-state index contributed by atoms with van der Waals surface area (Å²) in [4.78, 5) is 37.5. The maximum absolute atomic E-state index is 12.7. The summed E-state index contributed by atoms with van der Waals surface area (Å²) < 4.78 is 16.6. The van der Waals surface area contributed by atoms with Gasteiger partial charge in [0, 0.05) is 19.3 Å². The maximum atomic E-state index is 12.7. The molecule has 0 N–H and O–H groups in total. The number of esters is 3. The van der Waals surface area contributed by atoms with Crippen molar-refractivity contribution in [2.75, 3.05) is 13.2 Å². The number of hydrogen-bond acceptors (Lipinski definition) is 6. The molecular weight excluding hydrogens is 661 g/mol. The van der Waals surface area contributed by atoms with Crippen LogP contribution < -0.4 is 0 Å². The minimum absolute atomic E-state index is 0.0697. The fraction of sp³-hybridized carbons (Fsp3) is 0.894. The largest absolute Gasteiger partial charge is 0.462 e. The van der Waals surface area contributed by atoms with Crippen LogP contribution in [0.15, 0.2) is 12.2 Å². The zero-order valence-corrected chi connectivity index (χ0v) is 35.6. The molecule has 6 heteroatoms. The van der Waals surface area contributed by atoms with E-state index in [1.165, 1.54) is 148 Å². The second kappa shape index (κ2) is 42.9. The van der Waals surface area contributed by atoms with Gasteiger partial charge in [0.2, 0.25) is 0 Å². The molecule has 1 atom stereocenters. The third kappa shape index (κ3) is 41.2. The predicted molar refractivity (Wildman–Crippen MR) is 224 cm³/mol. The van der Waals surface area contributed by atoms with Gasteiger partial charge in [0.25, 0.3) is 0 Å². The molecular formula is C47H88O6. The first-order valence-electron chi connectivity index (χ1n) is 23.2. The summed E-state index contributed by atoms with van der Waals surface area (Å²) in [7, 11) is 0. The van der Waals surface area contributed by atoms with Gasteiger partial charge in [-0.2, -0.15) is 0 Å². The van der Waals surface area contributed by atoms with Crippen LogP contribution in [-0.4, -0.2) is 37.2 Å². The quantitative estimate of drug-likeness (QED) is 0.0268. The van der Waals surface area contributed by atoms with E-state index in [9.17, 15) is 14.4 Å². The first kappa shape index (κ1) is 51.1. The molecule has 0 heterocycles. The molecule has 0 aromatic heterocycles. The average molecular weight is 749 g/mol. The summed E-state index contributed by atoms with van der Waals surface area (Å²) in [6.07, 6.45) is 45.0. The van der Waals surface area contributed by atoms with E-state index in [0.717, 1.165) is 64.2 Å². The van der Waals surface area contributed by atoms with Crippen LogP contribution in [0.4, 0.5) is 0 Å². The number of rotatable bonds is 42. The lowest BCUT2D eigenvalue weighted by Crippen LogP contribution is -2.30. The summed E-state index contributed by atoms with van der Waals surface area (Å²) in [5, 5.41) is 0. The first-order valence-corrected chi connectivity index (χ1v) is 23.2. The molecule has 0 amide bonds. The van der Waals surface area contributed by atoms with E-state index in [1.54, 1.807) is 0 Å². The van der Waals surface area contributed by atoms with Crippen LogP contribution in [0, 0.1) is 0 Å². The van der Waals surface area contributed by atoms with Crippen LogP contribution in [0.5, 0.6) is 0 Å². The lowest BCUT2D eigenvalue weighted by molar-refractivity contribution is -0.167. The molecule has 0 aromatic carbocycles. The minimum atomic E-state index is -0.764. The van der Waals surface area contributed by atoms with Crippen molar-refractivity contribution in [3.63, 3.8) is 0 Å². The van der Waals surface area contributed by atoms with Crippen LogP contribution in [0.2, 0.25) is 0 Å². The average Bonchev–Trinajstić information content (AvgIpc) is 3.15. The molecule has 0 fully saturated rings. The summed E-state index contributed by atoms with van der Waals surface area (Å²) in [6.45, 7) is 6.56. The Balaban J connectivity index is 4.20. The predicted octanol–water partition coefficient (Wildman–Crippen LogP) is 14.6. The smallest absolute Gasteiger partial charge is 0.306 e. The van der Waals surface area contributed by atoms with Crippen molar-refractivity contribution in [1.29, 1.82) is 0 Å². The fourth-order valence-corrected chi connectivity index (χ4v) is 6.73. The lowest BCUT2D eigenvalue weighted by Gasteiger charge is -2.18. The fourth-order valence-electron chi connectivity index (χ4n) is 6.73. The van der Waals surface area contributed by atoms with E-state index in [4.69, 9.17) is 14.2 Å². The van der Waals surface area contributed by atoms with Crippen LogP contribution >= 0.6 is 0 Å². The first-order chi connectivity index (χ1) is 26.0. The lowest BCUT2D eigenvalue weighted by atomic mass is 10.0. The van der Waals surface area contributed by atoms with Crippen molar-refractivity contribution in [2.45, 2.75) is 258 Å². The van der Waals surface area contributed by atoms with Crippen molar-refractivity contribution in [3.8, 4) is 0 Å². The van der Waals surface area contributed by atoms with Crippen LogP contribution in [-0.2, 0) is 28.6 Å². The Morgan fingerprint density at radius 3 is 0.981 bits per heavy atom. The van der Waals surface area contributed by atoms with Gasteiger partial charge in [-0.05, 0) is 44.9 Å². The number of unbranched alkanes of at least 4 members (excludes halogenated alkanes) is 29. The van der Waals surface area contributed by atoms with Crippen molar-refractivity contribution in [2.24, 2.45) is 0 Å². The van der Waals surface area contributed by atoms with Crippen molar-refractivity contribution >= 4 is 17.9 Å². The monoisotopic (exact) mass is 749 g/mol. The third-order valence-corrected chi connectivity index (χ3v) is 10.3. The highest BCUT2D eigenvalue weighted by molar-refractivity contribution is 5.71. The van der Waals surface area contributed by atoms with Crippen molar-refractivity contribution in [1.82, 2.24) is 0 Å². The van der Waals surface area contributed by atoms with Gasteiger partial charge < -0.3 is 14.2 Å². The van der Waals surface area contributed by atoms with Gasteiger partial charge in [0.1, 0.15) is 13.2 Å². The molecule has 0 saturated heterocycles. The summed E-state index contributed by atoms with van der Waals surface area (Å²) in [6, 6.07) is 0. The van der Waals surface area contributed by atoms with Gasteiger partial charge >= 0.3 is 17.9 Å². The molecule has 0 aromatic rings. The SMILES string of the molecule is CCCCC/C=C\CCCCCCCC(=O)OC(COC(=O)CCCCCCCC)COC(=O)CCCCCCCCCCCCCCCCCCC. The zero-order chi connectivity index (χ0) is 38.7. The van der Waals surface area contributed by atoms with E-state index in [-0.39, 0.29) is 31.1 Å². The standard InChI is InChI=1S/C47H88O6/c1-4-7-10-13-16-18-20-22-23-24-25-26-28-29-31-34-37-40-46(49)52-43-44(42-51-45(48)39-36-33-15-12-9-6-3)53-47(50)41-38-35-32-30-27-21-19-17-14-11-8-5-2/h17,19,44H,4-16,18,20-43H2,1-3H3/b19-17-. The van der Waals surface area contributed by atoms with E-state index >= 15 is 0 Å². The Labute approximate surface area is 329 Å². The Bertz CT molecular complexity index is 824. The molecule has 0 aliphatic rings. The van der Waals surface area contributed by atoms with Gasteiger partial charge in [-0.15, -0.1) is 0 Å². The highest BCUT2D eigenvalue weighted by atomic mass is 16.6. The zero-order valence-electron chi connectivity index (χ0n) is 35.6. The molecule has 6 nitrogen and oxygen atoms in total. The molecule has 0 aliphatic carbocycles. The molecule has 312 valence electrons. The van der Waals surface area contributed by atoms with Crippen LogP contribution in [0.3, 0.4) is 0 Å². The van der Waals surface area contributed by atoms with E-state index < -0.39 is 6.10 Å². The van der Waals surface area contributed by atoms with Gasteiger partial charge in [-0.3, -0.25) is 14.4 Å². The number of carbonyl (C=O) groups excluding carboxylic acids is 3. The Kier molecular flexibility index (Phi) is 41.4. The molecule has 1 unspecified atom stereocenters. The summed E-state index contributed by atoms with van der Waals surface area (Å²) >= 11 is 0. The molecule has 0 saturated carbocycles. The molecule has 0 rings (SSSR count). The highest BCUT2D eigenvalue weighted by Crippen LogP contribution is 2.15. The van der Waals surface area contributed by atoms with Crippen molar-refractivity contribution in [3.05, 3.63) is 12.2 Å². The van der Waals surface area contributed by atoms with Gasteiger partial charge in [0.15, 0.2) is 6.10 Å². The Morgan fingerprint density at radius 1 is 0.358 bits per heavy atom. The maximum Gasteiger partial charge on any atom is 0.306 e. The molecule has 0 bridgehead atoms. The third-order valence-electron chi connectivity index (χ3n) is 10.3. The van der Waals surface area contributed by atoms with Crippen molar-refractivity contribution < 1.29 is 28.6 Å². The number of carbonyl (C=O) groups is 3. The van der Waals surface area contributed by atoms with Gasteiger partial charge in [-0.25, -0.2) is 0 Å². The second-order valence-corrected chi connectivity index (χ2v) is 15.7. The minimum Gasteiger partial charge on any atom is -0.462 e. The van der Waals surface area contributed by atoms with Crippen LogP contribution in [0.1, 0.15) is 252 Å². The topological polar surface area (TPSA) is 78.9 Å². The summed E-state index contributed by atoms with van der Waals surface area (Å²) in [5.74, 6) is -0.880. The molecule has 0 aliphatic heterocycles. The molecule has 53 heavy (non-hydrogen) atoms.